The van der Waals surface area contributed by atoms with Crippen molar-refractivity contribution in [2.24, 2.45) is 0 Å². The van der Waals surface area contributed by atoms with E-state index in [1.165, 1.54) is 0 Å². The van der Waals surface area contributed by atoms with Crippen LogP contribution in [0.25, 0.3) is 11.0 Å². The molecule has 3 aromatic carbocycles. The van der Waals surface area contributed by atoms with Crippen LogP contribution in [0.5, 0.6) is 11.5 Å². The van der Waals surface area contributed by atoms with E-state index in [-0.39, 0.29) is 24.4 Å². The topological polar surface area (TPSA) is 98.6 Å². The van der Waals surface area contributed by atoms with Gasteiger partial charge in [0.25, 0.3) is 0 Å². The summed E-state index contributed by atoms with van der Waals surface area (Å²) in [5.74, 6) is 0.476. The number of amides is 2. The van der Waals surface area contributed by atoms with E-state index in [0.29, 0.717) is 28.3 Å². The molecular formula is C31H35N5O4. The summed E-state index contributed by atoms with van der Waals surface area (Å²) in [5.41, 5.74) is 4.45. The van der Waals surface area contributed by atoms with Crippen LogP contribution in [0, 0.1) is 13.8 Å². The van der Waals surface area contributed by atoms with E-state index in [0.717, 1.165) is 42.3 Å². The molecule has 0 saturated heterocycles. The van der Waals surface area contributed by atoms with E-state index >= 15 is 0 Å². The Labute approximate surface area is 234 Å². The van der Waals surface area contributed by atoms with Crippen LogP contribution >= 0.6 is 0 Å². The molecule has 1 heterocycles. The minimum Gasteiger partial charge on any atom is -0.497 e. The molecule has 208 valence electrons. The lowest BCUT2D eigenvalue weighted by molar-refractivity contribution is -0.127. The number of anilines is 1. The highest BCUT2D eigenvalue weighted by atomic mass is 16.5. The first-order valence-electron chi connectivity index (χ1n) is 13.6. The Morgan fingerprint density at radius 1 is 1.02 bits per heavy atom. The molecule has 0 radical (unpaired) electrons. The molecule has 1 N–H and O–H groups in total. The van der Waals surface area contributed by atoms with E-state index in [9.17, 15) is 9.59 Å². The first-order chi connectivity index (χ1) is 19.4. The molecule has 0 spiro atoms. The number of carbonyl (C=O) groups is 2. The average molecular weight is 542 g/mol. The molecule has 1 aliphatic rings. The third kappa shape index (κ3) is 5.50. The fourth-order valence-corrected chi connectivity index (χ4v) is 5.44. The van der Waals surface area contributed by atoms with Crippen molar-refractivity contribution in [2.45, 2.75) is 58.2 Å². The lowest BCUT2D eigenvalue weighted by Gasteiger charge is -2.34. The van der Waals surface area contributed by atoms with Crippen molar-refractivity contribution in [1.29, 1.82) is 0 Å². The van der Waals surface area contributed by atoms with Crippen LogP contribution in [0.4, 0.5) is 5.69 Å². The van der Waals surface area contributed by atoms with Crippen LogP contribution < -0.4 is 19.7 Å². The molecule has 1 fully saturated rings. The van der Waals surface area contributed by atoms with Gasteiger partial charge in [-0.2, -0.15) is 0 Å². The van der Waals surface area contributed by atoms with Gasteiger partial charge in [-0.15, -0.1) is 5.10 Å². The molecule has 4 aromatic rings. The van der Waals surface area contributed by atoms with Crippen LogP contribution in [0.2, 0.25) is 0 Å². The Morgan fingerprint density at radius 3 is 2.55 bits per heavy atom. The maximum Gasteiger partial charge on any atom is 0.249 e. The van der Waals surface area contributed by atoms with Crippen molar-refractivity contribution in [2.75, 3.05) is 19.1 Å². The van der Waals surface area contributed by atoms with Crippen LogP contribution in [0.15, 0.2) is 60.7 Å². The summed E-state index contributed by atoms with van der Waals surface area (Å²) in [6.45, 7) is 3.80. The molecule has 9 heteroatoms. The number of hydrogen-bond acceptors (Lipinski definition) is 6. The van der Waals surface area contributed by atoms with Crippen molar-refractivity contribution in [3.63, 3.8) is 0 Å². The quantitative estimate of drug-likeness (QED) is 0.324. The molecule has 40 heavy (non-hydrogen) atoms. The number of nitrogens with zero attached hydrogens (tertiary/aromatic N) is 4. The number of fused-ring (bicyclic) bond motifs is 1. The average Bonchev–Trinajstić information content (AvgIpc) is 3.63. The van der Waals surface area contributed by atoms with Gasteiger partial charge in [0.05, 0.1) is 19.7 Å². The van der Waals surface area contributed by atoms with Gasteiger partial charge in [-0.05, 0) is 74.2 Å². The number of aromatic nitrogens is 3. The minimum absolute atomic E-state index is 0.0569. The summed E-state index contributed by atoms with van der Waals surface area (Å²) >= 11 is 0. The first kappa shape index (κ1) is 27.2. The number of nitrogens with one attached hydrogen (secondary N) is 1. The fraction of sp³-hybridized carbons (Fsp3) is 0.355. The Bertz CT molecular complexity index is 1530. The van der Waals surface area contributed by atoms with Gasteiger partial charge < -0.3 is 14.8 Å². The van der Waals surface area contributed by atoms with Gasteiger partial charge in [0.15, 0.2) is 0 Å². The highest BCUT2D eigenvalue weighted by Gasteiger charge is 2.37. The molecule has 9 nitrogen and oxygen atoms in total. The van der Waals surface area contributed by atoms with Crippen molar-refractivity contribution < 1.29 is 19.1 Å². The van der Waals surface area contributed by atoms with E-state index in [2.05, 4.69) is 15.6 Å². The molecule has 0 bridgehead atoms. The number of ether oxygens (including phenoxy) is 2. The molecule has 1 saturated carbocycles. The zero-order chi connectivity index (χ0) is 28.2. The largest absolute Gasteiger partial charge is 0.497 e. The Balaban J connectivity index is 1.67. The van der Waals surface area contributed by atoms with Gasteiger partial charge >= 0.3 is 0 Å². The number of benzene rings is 3. The van der Waals surface area contributed by atoms with Crippen LogP contribution in [0.1, 0.15) is 48.4 Å². The summed E-state index contributed by atoms with van der Waals surface area (Å²) in [6, 6.07) is 17.7. The molecule has 2 amide bonds. The Morgan fingerprint density at radius 2 is 1.80 bits per heavy atom. The number of hydrogen-bond donors (Lipinski definition) is 1. The van der Waals surface area contributed by atoms with E-state index in [1.807, 2.05) is 56.3 Å². The summed E-state index contributed by atoms with van der Waals surface area (Å²) < 4.78 is 12.8. The highest BCUT2D eigenvalue weighted by Crippen LogP contribution is 2.38. The van der Waals surface area contributed by atoms with Crippen molar-refractivity contribution in [1.82, 2.24) is 20.3 Å². The van der Waals surface area contributed by atoms with Gasteiger partial charge in [0.1, 0.15) is 29.6 Å². The maximum atomic E-state index is 14.4. The second kappa shape index (κ2) is 11.8. The normalized spacial score (nSPS) is 14.2. The zero-order valence-electron chi connectivity index (χ0n) is 23.4. The molecule has 5 rings (SSSR count). The van der Waals surface area contributed by atoms with Crippen molar-refractivity contribution in [3.8, 4) is 11.5 Å². The number of methoxy groups -OCH3 is 2. The van der Waals surface area contributed by atoms with Crippen LogP contribution in [-0.2, 0) is 16.1 Å². The third-order valence-electron chi connectivity index (χ3n) is 7.54. The summed E-state index contributed by atoms with van der Waals surface area (Å²) in [7, 11) is 3.13. The predicted molar refractivity (Wildman–Crippen MR) is 154 cm³/mol. The lowest BCUT2D eigenvalue weighted by atomic mass is 9.99. The molecule has 1 aromatic heterocycles. The second-order valence-electron chi connectivity index (χ2n) is 10.3. The minimum atomic E-state index is -1.02. The summed E-state index contributed by atoms with van der Waals surface area (Å²) in [5, 5.41) is 11.7. The molecule has 0 unspecified atom stereocenters. The molecule has 1 atom stereocenters. The monoisotopic (exact) mass is 541 g/mol. The number of para-hydroxylation sites is 1. The maximum absolute atomic E-state index is 14.4. The molecule has 1 aliphatic carbocycles. The van der Waals surface area contributed by atoms with Gasteiger partial charge in [0.2, 0.25) is 11.8 Å². The Hall–Kier alpha value is -4.40. The lowest BCUT2D eigenvalue weighted by Crippen LogP contribution is -2.47. The second-order valence-corrected chi connectivity index (χ2v) is 10.3. The SMILES string of the molecule is COc1ccc(OC)c([C@H](C(=O)NC2CCCC2)N(C(=O)Cn2nnc3ccccc32)c2cc(C)ccc2C)c1. The third-order valence-corrected chi connectivity index (χ3v) is 7.54. The van der Waals surface area contributed by atoms with Crippen LogP contribution in [0.3, 0.4) is 0 Å². The van der Waals surface area contributed by atoms with Crippen LogP contribution in [-0.4, -0.2) is 47.1 Å². The number of carbonyl (C=O) groups excluding carboxylic acids is 2. The summed E-state index contributed by atoms with van der Waals surface area (Å²) in [4.78, 5) is 30.3. The van der Waals surface area contributed by atoms with Gasteiger partial charge in [0, 0.05) is 17.3 Å². The van der Waals surface area contributed by atoms with E-state index in [1.54, 1.807) is 42.0 Å². The number of aryl methyl sites for hydroxylation is 2. The van der Waals surface area contributed by atoms with E-state index < -0.39 is 6.04 Å². The van der Waals surface area contributed by atoms with Gasteiger partial charge in [-0.1, -0.05) is 42.3 Å². The van der Waals surface area contributed by atoms with Gasteiger partial charge in [-0.25, -0.2) is 4.68 Å². The number of rotatable bonds is 9. The standard InChI is InChI=1S/C31H35N5O4/c1-20-13-14-21(2)27(17-20)36(29(37)19-35-26-12-8-7-11-25(26)33-34-35)30(31(38)32-22-9-5-6-10-22)24-18-23(39-3)15-16-28(24)40-4/h7-8,11-18,22,30H,5-6,9-10,19H2,1-4H3,(H,32,38)/t30-/m1/s1. The first-order valence-corrected chi connectivity index (χ1v) is 13.6. The van der Waals surface area contributed by atoms with Crippen molar-refractivity contribution in [3.05, 3.63) is 77.4 Å². The summed E-state index contributed by atoms with van der Waals surface area (Å²) in [6.07, 6.45) is 3.96. The highest BCUT2D eigenvalue weighted by molar-refractivity contribution is 6.02. The Kier molecular flexibility index (Phi) is 8.00. The van der Waals surface area contributed by atoms with E-state index in [4.69, 9.17) is 9.47 Å². The van der Waals surface area contributed by atoms with Gasteiger partial charge in [-0.3, -0.25) is 14.5 Å². The molecular weight excluding hydrogens is 506 g/mol. The van der Waals surface area contributed by atoms with Crippen molar-refractivity contribution >= 4 is 28.5 Å². The fourth-order valence-electron chi connectivity index (χ4n) is 5.44. The smallest absolute Gasteiger partial charge is 0.249 e. The predicted octanol–water partition coefficient (Wildman–Crippen LogP) is 4.90. The molecule has 0 aliphatic heterocycles. The zero-order valence-corrected chi connectivity index (χ0v) is 23.4.